The summed E-state index contributed by atoms with van der Waals surface area (Å²) in [5.41, 5.74) is 0. The van der Waals surface area contributed by atoms with Gasteiger partial charge in [-0.3, -0.25) is 0 Å². The minimum atomic E-state index is 0.150. The first-order valence-electron chi connectivity index (χ1n) is 7.06. The van der Waals surface area contributed by atoms with Crippen molar-refractivity contribution in [3.05, 3.63) is 5.28 Å². The Hall–Kier alpha value is -1.14. The van der Waals surface area contributed by atoms with Crippen molar-refractivity contribution in [3.8, 4) is 6.01 Å². The second-order valence-corrected chi connectivity index (χ2v) is 5.24. The van der Waals surface area contributed by atoms with Gasteiger partial charge in [0.15, 0.2) is 0 Å². The molecule has 1 aromatic rings. The summed E-state index contributed by atoms with van der Waals surface area (Å²) < 4.78 is 11.1. The van der Waals surface area contributed by atoms with Crippen molar-refractivity contribution in [2.24, 2.45) is 0 Å². The van der Waals surface area contributed by atoms with E-state index in [0.717, 1.165) is 32.4 Å². The van der Waals surface area contributed by atoms with Gasteiger partial charge in [0.1, 0.15) is 0 Å². The van der Waals surface area contributed by atoms with Gasteiger partial charge in [-0.1, -0.05) is 6.92 Å². The smallest absolute Gasteiger partial charge is 0.322 e. The summed E-state index contributed by atoms with van der Waals surface area (Å²) in [6, 6.07) is 0.276. The Bertz CT molecular complexity index is 427. The molecule has 0 amide bonds. The van der Waals surface area contributed by atoms with Crippen molar-refractivity contribution in [3.63, 3.8) is 0 Å². The van der Waals surface area contributed by atoms with E-state index in [1.807, 2.05) is 18.9 Å². The van der Waals surface area contributed by atoms with E-state index in [0.29, 0.717) is 12.6 Å². The molecule has 1 aliphatic rings. The van der Waals surface area contributed by atoms with Gasteiger partial charge in [-0.15, -0.1) is 0 Å². The van der Waals surface area contributed by atoms with Crippen molar-refractivity contribution in [2.75, 3.05) is 31.7 Å². The summed E-state index contributed by atoms with van der Waals surface area (Å²) in [4.78, 5) is 14.3. The summed E-state index contributed by atoms with van der Waals surface area (Å²) in [5.74, 6) is 0.519. The van der Waals surface area contributed by atoms with Crippen LogP contribution < -0.4 is 9.64 Å². The van der Waals surface area contributed by atoms with Crippen LogP contribution in [0.5, 0.6) is 6.01 Å². The Morgan fingerprint density at radius 1 is 1.35 bits per heavy atom. The molecule has 112 valence electrons. The van der Waals surface area contributed by atoms with Crippen LogP contribution in [0.25, 0.3) is 0 Å². The molecule has 0 aliphatic carbocycles. The van der Waals surface area contributed by atoms with Crippen molar-refractivity contribution < 1.29 is 9.47 Å². The standard InChI is InChI=1S/C13H21ClN4O2/c1-3-7-20-13-16-11(14)15-12(17-13)18(2)9-10-6-4-5-8-19-10/h10H,3-9H2,1-2H3. The molecule has 1 aromatic heterocycles. The molecule has 0 bridgehead atoms. The first-order valence-corrected chi connectivity index (χ1v) is 7.44. The summed E-state index contributed by atoms with van der Waals surface area (Å²) >= 11 is 5.92. The molecule has 1 unspecified atom stereocenters. The topological polar surface area (TPSA) is 60.4 Å². The highest BCUT2D eigenvalue weighted by Gasteiger charge is 2.18. The first kappa shape index (κ1) is 15.3. The van der Waals surface area contributed by atoms with E-state index in [4.69, 9.17) is 21.1 Å². The zero-order valence-electron chi connectivity index (χ0n) is 12.0. The highest BCUT2D eigenvalue weighted by Crippen LogP contribution is 2.18. The number of hydrogen-bond acceptors (Lipinski definition) is 6. The third-order valence-electron chi connectivity index (χ3n) is 3.10. The molecular weight excluding hydrogens is 280 g/mol. The SMILES string of the molecule is CCCOc1nc(Cl)nc(N(C)CC2CCCCO2)n1. The Morgan fingerprint density at radius 2 is 2.20 bits per heavy atom. The number of nitrogens with zero attached hydrogens (tertiary/aromatic N) is 4. The highest BCUT2D eigenvalue weighted by molar-refractivity contribution is 6.28. The monoisotopic (exact) mass is 300 g/mol. The maximum atomic E-state index is 5.92. The van der Waals surface area contributed by atoms with Crippen LogP contribution in [0, 0.1) is 0 Å². The molecule has 7 heteroatoms. The lowest BCUT2D eigenvalue weighted by Gasteiger charge is -2.27. The van der Waals surface area contributed by atoms with Crippen LogP contribution >= 0.6 is 11.6 Å². The number of hydrogen-bond donors (Lipinski definition) is 0. The number of anilines is 1. The van der Waals surface area contributed by atoms with E-state index in [1.165, 1.54) is 6.42 Å². The zero-order chi connectivity index (χ0) is 14.4. The lowest BCUT2D eigenvalue weighted by atomic mass is 10.1. The Labute approximate surface area is 124 Å². The maximum Gasteiger partial charge on any atom is 0.322 e. The van der Waals surface area contributed by atoms with Gasteiger partial charge in [0.05, 0.1) is 12.7 Å². The van der Waals surface area contributed by atoms with Gasteiger partial charge in [-0.25, -0.2) is 0 Å². The van der Waals surface area contributed by atoms with Crippen LogP contribution in [-0.2, 0) is 4.74 Å². The minimum Gasteiger partial charge on any atom is -0.463 e. The molecular formula is C13H21ClN4O2. The maximum absolute atomic E-state index is 5.92. The summed E-state index contributed by atoms with van der Waals surface area (Å²) in [5, 5.41) is 0.150. The third kappa shape index (κ3) is 4.45. The molecule has 2 heterocycles. The molecule has 1 atom stereocenters. The van der Waals surface area contributed by atoms with Crippen LogP contribution in [0.4, 0.5) is 5.95 Å². The third-order valence-corrected chi connectivity index (χ3v) is 3.27. The molecule has 0 aromatic carbocycles. The predicted molar refractivity (Wildman–Crippen MR) is 77.5 cm³/mol. The van der Waals surface area contributed by atoms with E-state index in [9.17, 15) is 0 Å². The second kappa shape index (κ2) is 7.59. The Balaban J connectivity index is 2.00. The molecule has 0 spiro atoms. The molecule has 1 saturated heterocycles. The Morgan fingerprint density at radius 3 is 2.90 bits per heavy atom. The number of rotatable bonds is 6. The minimum absolute atomic E-state index is 0.150. The van der Waals surface area contributed by atoms with Crippen molar-refractivity contribution in [1.82, 2.24) is 15.0 Å². The number of likely N-dealkylation sites (N-methyl/N-ethyl adjacent to an activating group) is 1. The van der Waals surface area contributed by atoms with Gasteiger partial charge < -0.3 is 14.4 Å². The fraction of sp³-hybridized carbons (Fsp3) is 0.769. The average molecular weight is 301 g/mol. The zero-order valence-corrected chi connectivity index (χ0v) is 12.8. The van der Waals surface area contributed by atoms with E-state index in [1.54, 1.807) is 0 Å². The molecule has 2 rings (SSSR count). The van der Waals surface area contributed by atoms with Gasteiger partial charge in [-0.05, 0) is 37.3 Å². The van der Waals surface area contributed by atoms with Crippen LogP contribution in [0.2, 0.25) is 5.28 Å². The quantitative estimate of drug-likeness (QED) is 0.803. The fourth-order valence-electron chi connectivity index (χ4n) is 2.09. The average Bonchev–Trinajstić information content (AvgIpc) is 2.45. The van der Waals surface area contributed by atoms with Crippen LogP contribution in [0.3, 0.4) is 0 Å². The number of ether oxygens (including phenoxy) is 2. The van der Waals surface area contributed by atoms with Crippen LogP contribution in [-0.4, -0.2) is 47.9 Å². The lowest BCUT2D eigenvalue weighted by Crippen LogP contribution is -2.34. The molecule has 1 aliphatic heterocycles. The molecule has 0 saturated carbocycles. The fourth-order valence-corrected chi connectivity index (χ4v) is 2.24. The highest BCUT2D eigenvalue weighted by atomic mass is 35.5. The molecule has 1 fully saturated rings. The summed E-state index contributed by atoms with van der Waals surface area (Å²) in [7, 11) is 1.92. The molecule has 0 N–H and O–H groups in total. The molecule has 0 radical (unpaired) electrons. The predicted octanol–water partition coefficient (Wildman–Crippen LogP) is 2.32. The van der Waals surface area contributed by atoms with Crippen molar-refractivity contribution in [2.45, 2.75) is 38.7 Å². The molecule has 20 heavy (non-hydrogen) atoms. The van der Waals surface area contributed by atoms with Gasteiger partial charge in [0, 0.05) is 20.2 Å². The van der Waals surface area contributed by atoms with Gasteiger partial charge >= 0.3 is 6.01 Å². The normalized spacial score (nSPS) is 18.9. The van der Waals surface area contributed by atoms with E-state index in [-0.39, 0.29) is 17.4 Å². The number of aromatic nitrogens is 3. The van der Waals surface area contributed by atoms with Gasteiger partial charge in [-0.2, -0.15) is 15.0 Å². The molecule has 6 nitrogen and oxygen atoms in total. The first-order chi connectivity index (χ1) is 9.69. The van der Waals surface area contributed by atoms with E-state index >= 15 is 0 Å². The summed E-state index contributed by atoms with van der Waals surface area (Å²) in [6.07, 6.45) is 4.55. The van der Waals surface area contributed by atoms with Gasteiger partial charge in [0.25, 0.3) is 0 Å². The number of halogens is 1. The second-order valence-electron chi connectivity index (χ2n) is 4.90. The van der Waals surface area contributed by atoms with E-state index < -0.39 is 0 Å². The largest absolute Gasteiger partial charge is 0.463 e. The van der Waals surface area contributed by atoms with Gasteiger partial charge in [0.2, 0.25) is 11.2 Å². The van der Waals surface area contributed by atoms with Crippen LogP contribution in [0.1, 0.15) is 32.6 Å². The lowest BCUT2D eigenvalue weighted by molar-refractivity contribution is 0.0214. The van der Waals surface area contributed by atoms with Crippen molar-refractivity contribution in [1.29, 1.82) is 0 Å². The van der Waals surface area contributed by atoms with E-state index in [2.05, 4.69) is 15.0 Å². The Kier molecular flexibility index (Phi) is 5.79. The van der Waals surface area contributed by atoms with Crippen molar-refractivity contribution >= 4 is 17.5 Å². The van der Waals surface area contributed by atoms with Crippen LogP contribution in [0.15, 0.2) is 0 Å². The summed E-state index contributed by atoms with van der Waals surface area (Å²) in [6.45, 7) is 4.17.